The molecule has 2 aliphatic carbocycles. The highest BCUT2D eigenvalue weighted by Gasteiger charge is 2.24. The molecule has 0 amide bonds. The van der Waals surface area contributed by atoms with Crippen LogP contribution >= 0.6 is 11.6 Å². The Morgan fingerprint density at radius 1 is 0.846 bits per heavy atom. The van der Waals surface area contributed by atoms with Crippen LogP contribution in [0.2, 0.25) is 0 Å². The molecule has 0 heterocycles. The summed E-state index contributed by atoms with van der Waals surface area (Å²) in [6.07, 6.45) is 12.9. The highest BCUT2D eigenvalue weighted by molar-refractivity contribution is 6.20. The molecule has 2 unspecified atom stereocenters. The van der Waals surface area contributed by atoms with E-state index in [-0.39, 0.29) is 0 Å². The van der Waals surface area contributed by atoms with Gasteiger partial charge in [-0.15, -0.1) is 11.6 Å². The molecule has 0 N–H and O–H groups in total. The fraction of sp³-hybridized carbons (Fsp3) is 1.00. The lowest BCUT2D eigenvalue weighted by Crippen LogP contribution is -2.00. The molecular weight excluding hydrogens is 180 g/mol. The molecule has 0 saturated heterocycles. The van der Waals surface area contributed by atoms with Crippen LogP contribution < -0.4 is 0 Å². The predicted octanol–water partition coefficient (Wildman–Crippen LogP) is 4.36. The smallest absolute Gasteiger partial charge is 0.0338 e. The summed E-state index contributed by atoms with van der Waals surface area (Å²) in [6.45, 7) is 0. The molecule has 2 aliphatic rings. The van der Waals surface area contributed by atoms with Crippen molar-refractivity contribution in [2.45, 2.75) is 63.2 Å². The van der Waals surface area contributed by atoms with Gasteiger partial charge in [-0.2, -0.15) is 0 Å². The summed E-state index contributed by atoms with van der Waals surface area (Å²) in [7, 11) is 0. The van der Waals surface area contributed by atoms with Crippen LogP contribution in [-0.2, 0) is 0 Å². The minimum atomic E-state index is 0.508. The van der Waals surface area contributed by atoms with Gasteiger partial charge in [0.05, 0.1) is 0 Å². The highest BCUT2D eigenvalue weighted by atomic mass is 35.5. The Kier molecular flexibility index (Phi) is 3.54. The van der Waals surface area contributed by atoms with Crippen molar-refractivity contribution in [1.82, 2.24) is 0 Å². The quantitative estimate of drug-likeness (QED) is 0.594. The van der Waals surface area contributed by atoms with Gasteiger partial charge in [0.2, 0.25) is 0 Å². The molecule has 0 aromatic heterocycles. The van der Waals surface area contributed by atoms with Gasteiger partial charge in [0.25, 0.3) is 0 Å². The molecule has 1 heteroatoms. The summed E-state index contributed by atoms with van der Waals surface area (Å²) in [4.78, 5) is 0. The first-order chi connectivity index (χ1) is 6.34. The maximum atomic E-state index is 6.10. The summed E-state index contributed by atoms with van der Waals surface area (Å²) < 4.78 is 0. The van der Waals surface area contributed by atoms with Crippen molar-refractivity contribution in [3.8, 4) is 0 Å². The van der Waals surface area contributed by atoms with Crippen LogP contribution in [0.4, 0.5) is 0 Å². The number of rotatable bonds is 3. The lowest BCUT2D eigenvalue weighted by Gasteiger charge is -2.12. The number of hydrogen-bond donors (Lipinski definition) is 0. The average Bonchev–Trinajstić information content (AvgIpc) is 2.71. The van der Waals surface area contributed by atoms with E-state index < -0.39 is 0 Å². The van der Waals surface area contributed by atoms with E-state index in [1.807, 2.05) is 0 Å². The van der Waals surface area contributed by atoms with E-state index in [4.69, 9.17) is 11.6 Å². The Bertz CT molecular complexity index is 149. The van der Waals surface area contributed by atoms with E-state index in [0.717, 1.165) is 11.8 Å². The van der Waals surface area contributed by atoms with Crippen molar-refractivity contribution in [3.05, 3.63) is 0 Å². The van der Waals surface area contributed by atoms with Gasteiger partial charge in [-0.3, -0.25) is 0 Å². The predicted molar refractivity (Wildman–Crippen MR) is 58.2 cm³/mol. The molecule has 0 spiro atoms. The molecule has 0 aromatic carbocycles. The minimum Gasteiger partial charge on any atom is -0.123 e. The summed E-state index contributed by atoms with van der Waals surface area (Å²) >= 11 is 6.10. The molecular formula is C12H21Cl. The second-order valence-electron chi connectivity index (χ2n) is 5.00. The van der Waals surface area contributed by atoms with Crippen LogP contribution in [0, 0.1) is 11.8 Å². The Morgan fingerprint density at radius 3 is 2.15 bits per heavy atom. The van der Waals surface area contributed by atoms with E-state index >= 15 is 0 Å². The second kappa shape index (κ2) is 4.68. The summed E-state index contributed by atoms with van der Waals surface area (Å²) in [5, 5.41) is 0.508. The molecule has 76 valence electrons. The normalized spacial score (nSPS) is 35.8. The van der Waals surface area contributed by atoms with Crippen molar-refractivity contribution in [1.29, 1.82) is 0 Å². The van der Waals surface area contributed by atoms with Gasteiger partial charge in [-0.25, -0.2) is 0 Å². The molecule has 2 rings (SSSR count). The maximum absolute atomic E-state index is 6.10. The Hall–Kier alpha value is 0.290. The van der Waals surface area contributed by atoms with Gasteiger partial charge in [-0.05, 0) is 31.1 Å². The second-order valence-corrected chi connectivity index (χ2v) is 5.62. The molecule has 2 saturated carbocycles. The molecule has 0 nitrogen and oxygen atoms in total. The lowest BCUT2D eigenvalue weighted by atomic mass is 9.94. The first-order valence-electron chi connectivity index (χ1n) is 5.98. The zero-order valence-corrected chi connectivity index (χ0v) is 9.23. The van der Waals surface area contributed by atoms with Crippen molar-refractivity contribution in [2.75, 3.05) is 0 Å². The highest BCUT2D eigenvalue weighted by Crippen LogP contribution is 2.36. The fourth-order valence-corrected chi connectivity index (χ4v) is 3.42. The van der Waals surface area contributed by atoms with Crippen molar-refractivity contribution >= 4 is 11.6 Å². The van der Waals surface area contributed by atoms with Gasteiger partial charge < -0.3 is 0 Å². The first-order valence-corrected chi connectivity index (χ1v) is 6.42. The third kappa shape index (κ3) is 2.87. The fourth-order valence-electron chi connectivity index (χ4n) is 3.05. The van der Waals surface area contributed by atoms with E-state index in [0.29, 0.717) is 5.38 Å². The monoisotopic (exact) mass is 200 g/mol. The maximum Gasteiger partial charge on any atom is 0.0338 e. The van der Waals surface area contributed by atoms with E-state index in [1.54, 1.807) is 0 Å². The third-order valence-electron chi connectivity index (χ3n) is 3.94. The standard InChI is InChI=1S/C12H21Cl/c13-12-8-7-11(9-12)6-5-10-3-1-2-4-10/h10-12H,1-9H2. The molecule has 0 aliphatic heterocycles. The van der Waals surface area contributed by atoms with Gasteiger partial charge in [0.1, 0.15) is 0 Å². The lowest BCUT2D eigenvalue weighted by molar-refractivity contribution is 0.403. The molecule has 0 radical (unpaired) electrons. The van der Waals surface area contributed by atoms with E-state index in [2.05, 4.69) is 0 Å². The third-order valence-corrected chi connectivity index (χ3v) is 4.33. The SMILES string of the molecule is ClC1CCC(CCC2CCCC2)C1. The largest absolute Gasteiger partial charge is 0.123 e. The Balaban J connectivity index is 1.62. The molecule has 2 fully saturated rings. The van der Waals surface area contributed by atoms with E-state index in [1.165, 1.54) is 57.8 Å². The minimum absolute atomic E-state index is 0.508. The zero-order valence-electron chi connectivity index (χ0n) is 8.47. The van der Waals surface area contributed by atoms with Crippen LogP contribution in [0.3, 0.4) is 0 Å². The van der Waals surface area contributed by atoms with Gasteiger partial charge in [0, 0.05) is 5.38 Å². The summed E-state index contributed by atoms with van der Waals surface area (Å²) in [5.41, 5.74) is 0. The first kappa shape index (κ1) is 9.83. The van der Waals surface area contributed by atoms with Crippen LogP contribution in [0.25, 0.3) is 0 Å². The number of halogens is 1. The topological polar surface area (TPSA) is 0 Å². The van der Waals surface area contributed by atoms with E-state index in [9.17, 15) is 0 Å². The van der Waals surface area contributed by atoms with Crippen LogP contribution in [-0.4, -0.2) is 5.38 Å². The molecule has 13 heavy (non-hydrogen) atoms. The van der Waals surface area contributed by atoms with Gasteiger partial charge in [-0.1, -0.05) is 38.5 Å². The Morgan fingerprint density at radius 2 is 1.54 bits per heavy atom. The summed E-state index contributed by atoms with van der Waals surface area (Å²) in [6, 6.07) is 0. The van der Waals surface area contributed by atoms with Gasteiger partial charge >= 0.3 is 0 Å². The zero-order chi connectivity index (χ0) is 9.10. The van der Waals surface area contributed by atoms with Crippen molar-refractivity contribution < 1.29 is 0 Å². The van der Waals surface area contributed by atoms with Crippen LogP contribution in [0.15, 0.2) is 0 Å². The number of alkyl halides is 1. The number of hydrogen-bond acceptors (Lipinski definition) is 0. The summed E-state index contributed by atoms with van der Waals surface area (Å²) in [5.74, 6) is 2.05. The van der Waals surface area contributed by atoms with Crippen LogP contribution in [0.5, 0.6) is 0 Å². The van der Waals surface area contributed by atoms with Gasteiger partial charge in [0.15, 0.2) is 0 Å². The molecule has 2 atom stereocenters. The molecule has 0 aromatic rings. The average molecular weight is 201 g/mol. The van der Waals surface area contributed by atoms with Crippen molar-refractivity contribution in [3.63, 3.8) is 0 Å². The van der Waals surface area contributed by atoms with Crippen LogP contribution in [0.1, 0.15) is 57.8 Å². The van der Waals surface area contributed by atoms with Crippen molar-refractivity contribution in [2.24, 2.45) is 11.8 Å². The Labute approximate surface area is 87.0 Å². The molecule has 0 bridgehead atoms.